The fraction of sp³-hybridized carbons (Fsp3) is 0.188. The molecule has 6 rings (SSSR count). The molecule has 2 aromatic heterocycles. The van der Waals surface area contributed by atoms with Gasteiger partial charge in [0.15, 0.2) is 0 Å². The van der Waals surface area contributed by atoms with E-state index in [1.54, 1.807) is 0 Å². The van der Waals surface area contributed by atoms with E-state index in [1.165, 1.54) is 0 Å². The van der Waals surface area contributed by atoms with Gasteiger partial charge >= 0.3 is 6.03 Å². The zero-order valence-electron chi connectivity index (χ0n) is 21.9. The van der Waals surface area contributed by atoms with E-state index in [0.717, 1.165) is 57.3 Å². The average Bonchev–Trinajstić information content (AvgIpc) is 3.50. The zero-order valence-corrected chi connectivity index (χ0v) is 21.9. The third-order valence-electron chi connectivity index (χ3n) is 7.15. The van der Waals surface area contributed by atoms with Crippen molar-refractivity contribution in [1.82, 2.24) is 19.2 Å². The highest BCUT2D eigenvalue weighted by atomic mass is 16.2. The van der Waals surface area contributed by atoms with Crippen molar-refractivity contribution in [1.29, 1.82) is 0 Å². The summed E-state index contributed by atoms with van der Waals surface area (Å²) < 4.78 is 4.22. The maximum absolute atomic E-state index is 14.1. The van der Waals surface area contributed by atoms with Crippen LogP contribution in [0, 0.1) is 13.8 Å². The van der Waals surface area contributed by atoms with E-state index in [1.807, 2.05) is 78.0 Å². The summed E-state index contributed by atoms with van der Waals surface area (Å²) in [5, 5.41) is 8.24. The Morgan fingerprint density at radius 1 is 0.921 bits per heavy atom. The number of nitrogens with zero attached hydrogens (tertiary/aromatic N) is 4. The zero-order chi connectivity index (χ0) is 26.2. The number of benzene rings is 3. The quantitative estimate of drug-likeness (QED) is 0.289. The van der Waals surface area contributed by atoms with Crippen molar-refractivity contribution >= 4 is 11.7 Å². The Labute approximate surface area is 223 Å². The van der Waals surface area contributed by atoms with Gasteiger partial charge < -0.3 is 14.8 Å². The molecule has 1 aliphatic rings. The first-order valence-electron chi connectivity index (χ1n) is 13.1. The van der Waals surface area contributed by atoms with Crippen molar-refractivity contribution in [3.63, 3.8) is 0 Å². The first-order chi connectivity index (χ1) is 18.5. The Morgan fingerprint density at radius 2 is 1.61 bits per heavy atom. The number of amides is 2. The lowest BCUT2D eigenvalue weighted by Gasteiger charge is -2.31. The number of nitrogens with one attached hydrogen (secondary N) is 1. The van der Waals surface area contributed by atoms with Gasteiger partial charge in [0, 0.05) is 17.4 Å². The summed E-state index contributed by atoms with van der Waals surface area (Å²) in [6.07, 6.45) is 2.84. The lowest BCUT2D eigenvalue weighted by Crippen LogP contribution is -2.38. The van der Waals surface area contributed by atoms with Crippen molar-refractivity contribution < 1.29 is 4.79 Å². The first kappa shape index (κ1) is 23.8. The molecule has 0 spiro atoms. The molecule has 190 valence electrons. The van der Waals surface area contributed by atoms with Crippen LogP contribution in [0.15, 0.2) is 97.2 Å². The van der Waals surface area contributed by atoms with E-state index in [0.29, 0.717) is 6.54 Å². The van der Waals surface area contributed by atoms with Gasteiger partial charge in [-0.05, 0) is 73.4 Å². The number of carbonyl (C=O) groups excluding carboxylic acids is 1. The number of carbonyl (C=O) groups is 1. The van der Waals surface area contributed by atoms with Crippen LogP contribution >= 0.6 is 0 Å². The largest absolute Gasteiger partial charge is 0.322 e. The SMILES string of the molecule is CCc1nn(-c2ccccc2)c2c1CN(C(=O)Nc1cc(C)cc(C)c1)C(c1ccccc1)c1cccn1-2. The molecular weight excluding hydrogens is 470 g/mol. The number of urea groups is 1. The molecule has 0 radical (unpaired) electrons. The van der Waals surface area contributed by atoms with Gasteiger partial charge in [0.25, 0.3) is 0 Å². The molecule has 0 fully saturated rings. The molecular formula is C32H31N5O. The number of hydrogen-bond donors (Lipinski definition) is 1. The van der Waals surface area contributed by atoms with Crippen molar-refractivity contribution in [2.24, 2.45) is 0 Å². The molecule has 1 atom stereocenters. The molecule has 0 bridgehead atoms. The Morgan fingerprint density at radius 3 is 2.29 bits per heavy atom. The van der Waals surface area contributed by atoms with Crippen LogP contribution in [0.1, 0.15) is 46.6 Å². The lowest BCUT2D eigenvalue weighted by molar-refractivity contribution is 0.194. The van der Waals surface area contributed by atoms with Gasteiger partial charge in [-0.2, -0.15) is 5.10 Å². The predicted molar refractivity (Wildman–Crippen MR) is 151 cm³/mol. The third kappa shape index (κ3) is 4.18. The predicted octanol–water partition coefficient (Wildman–Crippen LogP) is 6.98. The number of aryl methyl sites for hydroxylation is 3. The first-order valence-corrected chi connectivity index (χ1v) is 13.1. The number of fused-ring (bicyclic) bond motifs is 3. The molecule has 2 amide bonds. The van der Waals surface area contributed by atoms with E-state index in [9.17, 15) is 4.79 Å². The van der Waals surface area contributed by atoms with E-state index < -0.39 is 0 Å². The molecule has 0 saturated carbocycles. The van der Waals surface area contributed by atoms with Gasteiger partial charge in [0.1, 0.15) is 5.82 Å². The maximum Gasteiger partial charge on any atom is 0.322 e. The molecule has 6 heteroatoms. The van der Waals surface area contributed by atoms with E-state index in [-0.39, 0.29) is 12.1 Å². The van der Waals surface area contributed by atoms with Crippen molar-refractivity contribution in [2.75, 3.05) is 5.32 Å². The Bertz CT molecular complexity index is 1580. The van der Waals surface area contributed by atoms with Crippen LogP contribution in [0.5, 0.6) is 0 Å². The van der Waals surface area contributed by atoms with Gasteiger partial charge in [-0.1, -0.05) is 61.5 Å². The molecule has 1 aliphatic heterocycles. The van der Waals surface area contributed by atoms with Crippen LogP contribution in [0.2, 0.25) is 0 Å². The summed E-state index contributed by atoms with van der Waals surface area (Å²) in [5.41, 5.74) is 8.15. The Balaban J connectivity index is 1.54. The second-order valence-corrected chi connectivity index (χ2v) is 9.90. The Hall–Kier alpha value is -4.58. The minimum Gasteiger partial charge on any atom is -0.308 e. The van der Waals surface area contributed by atoms with Gasteiger partial charge in [-0.15, -0.1) is 0 Å². The molecule has 3 aromatic carbocycles. The molecule has 5 aromatic rings. The van der Waals surface area contributed by atoms with Crippen LogP contribution < -0.4 is 5.32 Å². The van der Waals surface area contributed by atoms with Crippen LogP contribution in [0.4, 0.5) is 10.5 Å². The van der Waals surface area contributed by atoms with Crippen molar-refractivity contribution in [3.05, 3.63) is 131 Å². The summed E-state index contributed by atoms with van der Waals surface area (Å²) in [4.78, 5) is 16.1. The van der Waals surface area contributed by atoms with Gasteiger partial charge in [0.2, 0.25) is 0 Å². The fourth-order valence-electron chi connectivity index (χ4n) is 5.58. The second kappa shape index (κ2) is 9.71. The van der Waals surface area contributed by atoms with Gasteiger partial charge in [-0.25, -0.2) is 9.48 Å². The third-order valence-corrected chi connectivity index (χ3v) is 7.15. The van der Waals surface area contributed by atoms with Crippen LogP contribution in [0.25, 0.3) is 11.5 Å². The molecule has 3 heterocycles. The summed E-state index contributed by atoms with van der Waals surface area (Å²) in [6.45, 7) is 6.65. The van der Waals surface area contributed by atoms with Gasteiger partial charge in [0.05, 0.1) is 29.7 Å². The summed E-state index contributed by atoms with van der Waals surface area (Å²) in [7, 11) is 0. The topological polar surface area (TPSA) is 55.1 Å². The van der Waals surface area contributed by atoms with Crippen LogP contribution in [0.3, 0.4) is 0 Å². The van der Waals surface area contributed by atoms with Gasteiger partial charge in [-0.3, -0.25) is 0 Å². The number of para-hydroxylation sites is 1. The number of hydrogen-bond acceptors (Lipinski definition) is 2. The van der Waals surface area contributed by atoms with E-state index in [4.69, 9.17) is 5.10 Å². The highest BCUT2D eigenvalue weighted by Gasteiger charge is 2.36. The molecule has 38 heavy (non-hydrogen) atoms. The average molecular weight is 502 g/mol. The van der Waals surface area contributed by atoms with Crippen LogP contribution in [-0.2, 0) is 13.0 Å². The monoisotopic (exact) mass is 501 g/mol. The maximum atomic E-state index is 14.1. The molecule has 6 nitrogen and oxygen atoms in total. The molecule has 0 saturated heterocycles. The Kier molecular flexibility index (Phi) is 6.08. The highest BCUT2D eigenvalue weighted by molar-refractivity contribution is 5.90. The highest BCUT2D eigenvalue weighted by Crippen LogP contribution is 2.39. The summed E-state index contributed by atoms with van der Waals surface area (Å²) in [5.74, 6) is 0.982. The van der Waals surface area contributed by atoms with Crippen molar-refractivity contribution in [3.8, 4) is 11.5 Å². The van der Waals surface area contributed by atoms with Crippen molar-refractivity contribution in [2.45, 2.75) is 39.8 Å². The molecule has 1 unspecified atom stereocenters. The number of rotatable bonds is 4. The minimum atomic E-state index is -0.279. The fourth-order valence-corrected chi connectivity index (χ4v) is 5.58. The second-order valence-electron chi connectivity index (χ2n) is 9.90. The molecule has 1 N–H and O–H groups in total. The normalized spacial score (nSPS) is 14.5. The van der Waals surface area contributed by atoms with Crippen LogP contribution in [-0.4, -0.2) is 25.3 Å². The molecule has 0 aliphatic carbocycles. The number of aromatic nitrogens is 3. The summed E-state index contributed by atoms with van der Waals surface area (Å²) in [6, 6.07) is 30.3. The lowest BCUT2D eigenvalue weighted by atomic mass is 10.0. The smallest absolute Gasteiger partial charge is 0.308 e. The van der Waals surface area contributed by atoms with E-state index in [2.05, 4.69) is 59.4 Å². The standard InChI is InChI=1S/C32H31N5O/c1-4-28-27-21-36(32(38)33-25-19-22(2)18-23(3)20-25)30(24-12-7-5-8-13-24)29-16-11-17-35(29)31(27)37(34-28)26-14-9-6-10-15-26/h5-20,30H,4,21H2,1-3H3,(H,33,38). The van der Waals surface area contributed by atoms with E-state index >= 15 is 0 Å². The number of anilines is 1. The summed E-state index contributed by atoms with van der Waals surface area (Å²) >= 11 is 0. The minimum absolute atomic E-state index is 0.140.